The van der Waals surface area contributed by atoms with E-state index in [1.165, 1.54) is 0 Å². The molecule has 3 aromatic rings. The average Bonchev–Trinajstić information content (AvgIpc) is 3.01. The first kappa shape index (κ1) is 16.4. The number of aromatic nitrogens is 3. The Morgan fingerprint density at radius 3 is 2.96 bits per heavy atom. The predicted molar refractivity (Wildman–Crippen MR) is 99.9 cm³/mol. The minimum atomic E-state index is -0.326. The van der Waals surface area contributed by atoms with E-state index in [9.17, 15) is 4.79 Å². The number of fused-ring (bicyclic) bond motifs is 3. The Balaban J connectivity index is 1.91. The van der Waals surface area contributed by atoms with Gasteiger partial charge in [0.1, 0.15) is 5.69 Å². The number of nitrogens with zero attached hydrogens (tertiary/aromatic N) is 4. The van der Waals surface area contributed by atoms with E-state index in [0.29, 0.717) is 12.2 Å². The molecule has 1 amide bonds. The lowest BCUT2D eigenvalue weighted by Crippen LogP contribution is -2.27. The van der Waals surface area contributed by atoms with Crippen LogP contribution in [-0.2, 0) is 0 Å². The van der Waals surface area contributed by atoms with Gasteiger partial charge in [0.05, 0.1) is 11.0 Å². The molecule has 1 aromatic carbocycles. The van der Waals surface area contributed by atoms with Crippen LogP contribution in [0.5, 0.6) is 0 Å². The summed E-state index contributed by atoms with van der Waals surface area (Å²) in [5.41, 5.74) is 9.24. The van der Waals surface area contributed by atoms with Crippen LogP contribution in [0.1, 0.15) is 10.5 Å². The van der Waals surface area contributed by atoms with Gasteiger partial charge in [0.25, 0.3) is 5.91 Å². The maximum atomic E-state index is 12.4. The van der Waals surface area contributed by atoms with Crippen LogP contribution in [0.25, 0.3) is 16.7 Å². The molecule has 0 aliphatic rings. The predicted octanol–water partition coefficient (Wildman–Crippen LogP) is 2.01. The summed E-state index contributed by atoms with van der Waals surface area (Å²) in [5.74, 6) is -0.117. The van der Waals surface area contributed by atoms with Crippen molar-refractivity contribution in [3.8, 4) is 0 Å². The molecule has 126 valence electrons. The quantitative estimate of drug-likeness (QED) is 0.551. The highest BCUT2D eigenvalue weighted by molar-refractivity contribution is 5.94. The third-order valence-corrected chi connectivity index (χ3v) is 3.70. The first-order chi connectivity index (χ1) is 12.1. The second-order valence-electron chi connectivity index (χ2n) is 5.34. The van der Waals surface area contributed by atoms with Crippen LogP contribution in [0, 0.1) is 0 Å². The zero-order valence-corrected chi connectivity index (χ0v) is 13.8. The normalized spacial score (nSPS) is 12.1. The van der Waals surface area contributed by atoms with Crippen molar-refractivity contribution in [3.63, 3.8) is 0 Å². The van der Waals surface area contributed by atoms with Gasteiger partial charge in [0.15, 0.2) is 11.5 Å². The molecular formula is C18H18N6O. The maximum absolute atomic E-state index is 12.4. The van der Waals surface area contributed by atoms with Gasteiger partial charge in [-0.2, -0.15) is 0 Å². The average molecular weight is 334 g/mol. The van der Waals surface area contributed by atoms with E-state index >= 15 is 0 Å². The molecule has 0 unspecified atom stereocenters. The number of nitrogens with two attached hydrogens (primary N) is 1. The zero-order valence-electron chi connectivity index (χ0n) is 13.8. The van der Waals surface area contributed by atoms with Gasteiger partial charge in [-0.25, -0.2) is 9.97 Å². The van der Waals surface area contributed by atoms with Crippen molar-refractivity contribution in [1.82, 2.24) is 19.7 Å². The van der Waals surface area contributed by atoms with Crippen molar-refractivity contribution < 1.29 is 4.79 Å². The van der Waals surface area contributed by atoms with Crippen LogP contribution in [0.2, 0.25) is 0 Å². The van der Waals surface area contributed by atoms with Gasteiger partial charge < -0.3 is 11.1 Å². The Morgan fingerprint density at radius 2 is 2.20 bits per heavy atom. The molecule has 0 aliphatic heterocycles. The van der Waals surface area contributed by atoms with E-state index in [0.717, 1.165) is 16.6 Å². The SMILES string of the molecule is C=C/C(=C\C=N/C)CNC(=O)c1cn2c(nc3ccccc32)c(N)n1. The summed E-state index contributed by atoms with van der Waals surface area (Å²) in [6, 6.07) is 7.61. The van der Waals surface area contributed by atoms with E-state index in [1.807, 2.05) is 24.3 Å². The Kier molecular flexibility index (Phi) is 4.56. The molecule has 0 spiro atoms. The number of aliphatic imine (C=N–C) groups is 1. The molecule has 2 aromatic heterocycles. The molecule has 0 aliphatic carbocycles. The molecule has 0 fully saturated rings. The topological polar surface area (TPSA) is 97.7 Å². The number of amides is 1. The van der Waals surface area contributed by atoms with Crippen molar-refractivity contribution in [2.45, 2.75) is 0 Å². The molecule has 7 heteroatoms. The zero-order chi connectivity index (χ0) is 17.8. The van der Waals surface area contributed by atoms with Crippen LogP contribution in [-0.4, -0.2) is 40.1 Å². The smallest absolute Gasteiger partial charge is 0.271 e. The molecule has 0 atom stereocenters. The number of carbonyl (C=O) groups is 1. The number of anilines is 1. The highest BCUT2D eigenvalue weighted by atomic mass is 16.1. The lowest BCUT2D eigenvalue weighted by molar-refractivity contribution is 0.0952. The molecule has 2 heterocycles. The molecule has 0 saturated carbocycles. The number of nitrogen functional groups attached to an aromatic ring is 1. The van der Waals surface area contributed by atoms with Crippen molar-refractivity contribution in [2.75, 3.05) is 19.3 Å². The van der Waals surface area contributed by atoms with Gasteiger partial charge in [0, 0.05) is 26.0 Å². The second kappa shape index (κ2) is 6.96. The molecule has 25 heavy (non-hydrogen) atoms. The van der Waals surface area contributed by atoms with Gasteiger partial charge in [0.2, 0.25) is 0 Å². The van der Waals surface area contributed by atoms with Gasteiger partial charge in [-0.15, -0.1) is 0 Å². The Hall–Kier alpha value is -3.48. The third kappa shape index (κ3) is 3.25. The summed E-state index contributed by atoms with van der Waals surface area (Å²) in [7, 11) is 1.67. The summed E-state index contributed by atoms with van der Waals surface area (Å²) >= 11 is 0. The van der Waals surface area contributed by atoms with E-state index in [1.54, 1.807) is 36.0 Å². The third-order valence-electron chi connectivity index (χ3n) is 3.70. The number of rotatable bonds is 5. The summed E-state index contributed by atoms with van der Waals surface area (Å²) in [5, 5.41) is 2.80. The van der Waals surface area contributed by atoms with Gasteiger partial charge >= 0.3 is 0 Å². The number of allylic oxidation sites excluding steroid dienone is 1. The van der Waals surface area contributed by atoms with Crippen molar-refractivity contribution in [1.29, 1.82) is 0 Å². The first-order valence-corrected chi connectivity index (χ1v) is 7.69. The summed E-state index contributed by atoms with van der Waals surface area (Å²) in [4.78, 5) is 24.9. The second-order valence-corrected chi connectivity index (χ2v) is 5.34. The highest BCUT2D eigenvalue weighted by Gasteiger charge is 2.14. The molecular weight excluding hydrogens is 316 g/mol. The minimum Gasteiger partial charge on any atom is -0.381 e. The largest absolute Gasteiger partial charge is 0.381 e. The van der Waals surface area contributed by atoms with Gasteiger partial charge in [-0.3, -0.25) is 14.2 Å². The standard InChI is InChI=1S/C18H18N6O/c1-3-12(8-9-20-2)10-21-18(25)14-11-24-15-7-5-4-6-13(15)23-17(24)16(19)22-14/h3-9,11H,1,10H2,2H3,(H2,19,22)(H,21,25)/b12-8+,20-9-. The number of imidazole rings is 1. The van der Waals surface area contributed by atoms with E-state index in [2.05, 4.69) is 26.9 Å². The fraction of sp³-hybridized carbons (Fsp3) is 0.111. The number of nitrogens with one attached hydrogen (secondary N) is 1. The lowest BCUT2D eigenvalue weighted by atomic mass is 10.2. The number of hydrogen-bond acceptors (Lipinski definition) is 5. The Bertz CT molecular complexity index is 1020. The number of carbonyl (C=O) groups excluding carboxylic acids is 1. The molecule has 3 N–H and O–H groups in total. The highest BCUT2D eigenvalue weighted by Crippen LogP contribution is 2.19. The van der Waals surface area contributed by atoms with Gasteiger partial charge in [-0.1, -0.05) is 24.8 Å². The number of hydrogen-bond donors (Lipinski definition) is 2. The van der Waals surface area contributed by atoms with Gasteiger partial charge in [-0.05, 0) is 23.8 Å². The molecule has 7 nitrogen and oxygen atoms in total. The van der Waals surface area contributed by atoms with E-state index < -0.39 is 0 Å². The molecule has 0 radical (unpaired) electrons. The van der Waals surface area contributed by atoms with Crippen LogP contribution in [0.4, 0.5) is 5.82 Å². The number of para-hydroxylation sites is 2. The fourth-order valence-electron chi connectivity index (χ4n) is 2.44. The molecule has 0 saturated heterocycles. The summed E-state index contributed by atoms with van der Waals surface area (Å²) in [6.45, 7) is 4.04. The minimum absolute atomic E-state index is 0.210. The summed E-state index contributed by atoms with van der Waals surface area (Å²) < 4.78 is 1.78. The maximum Gasteiger partial charge on any atom is 0.271 e. The van der Waals surface area contributed by atoms with E-state index in [-0.39, 0.29) is 17.4 Å². The van der Waals surface area contributed by atoms with Crippen molar-refractivity contribution in [3.05, 3.63) is 60.5 Å². The van der Waals surface area contributed by atoms with E-state index in [4.69, 9.17) is 5.73 Å². The molecule has 0 bridgehead atoms. The lowest BCUT2D eigenvalue weighted by Gasteiger charge is -2.07. The van der Waals surface area contributed by atoms with Crippen LogP contribution < -0.4 is 11.1 Å². The Labute approximate surface area is 144 Å². The van der Waals surface area contributed by atoms with Crippen LogP contribution in [0.3, 0.4) is 0 Å². The van der Waals surface area contributed by atoms with Crippen molar-refractivity contribution >= 4 is 34.6 Å². The monoisotopic (exact) mass is 334 g/mol. The Morgan fingerprint density at radius 1 is 1.40 bits per heavy atom. The number of benzene rings is 1. The van der Waals surface area contributed by atoms with Crippen LogP contribution in [0.15, 0.2) is 59.8 Å². The van der Waals surface area contributed by atoms with Crippen molar-refractivity contribution in [2.24, 2.45) is 4.99 Å². The molecule has 3 rings (SSSR count). The fourth-order valence-corrected chi connectivity index (χ4v) is 2.44. The summed E-state index contributed by atoms with van der Waals surface area (Å²) in [6.07, 6.45) is 6.72. The van der Waals surface area contributed by atoms with Crippen LogP contribution >= 0.6 is 0 Å². The first-order valence-electron chi connectivity index (χ1n) is 7.69.